The van der Waals surface area contributed by atoms with Crippen molar-refractivity contribution >= 4 is 23.5 Å². The molecule has 0 bridgehead atoms. The van der Waals surface area contributed by atoms with Crippen LogP contribution in [0.15, 0.2) is 15.5 Å². The second kappa shape index (κ2) is 14.2. The van der Waals surface area contributed by atoms with Gasteiger partial charge in [-0.2, -0.15) is 0 Å². The fraction of sp³-hybridized carbons (Fsp3) is 0.783. The average molecular weight is 584 g/mol. The minimum absolute atomic E-state index is 0.0368. The van der Waals surface area contributed by atoms with Gasteiger partial charge in [0.25, 0.3) is 0 Å². The van der Waals surface area contributed by atoms with E-state index in [4.69, 9.17) is 32.7 Å². The predicted molar refractivity (Wildman–Crippen MR) is 135 cm³/mol. The number of hydrogen-bond acceptors (Lipinski definition) is 9. The number of halogens is 1. The molecule has 2 heterocycles. The van der Waals surface area contributed by atoms with Gasteiger partial charge >= 0.3 is 7.60 Å². The highest BCUT2D eigenvalue weighted by atomic mass is 79.9. The van der Waals surface area contributed by atoms with E-state index in [-0.39, 0.29) is 24.1 Å². The monoisotopic (exact) mass is 583 g/mol. The van der Waals surface area contributed by atoms with Crippen LogP contribution in [0, 0.1) is 5.41 Å². The van der Waals surface area contributed by atoms with Gasteiger partial charge < -0.3 is 37.3 Å². The second-order valence-electron chi connectivity index (χ2n) is 8.45. The maximum absolute atomic E-state index is 12.8. The third kappa shape index (κ3) is 7.38. The molecule has 0 saturated carbocycles. The Morgan fingerprint density at radius 1 is 1.17 bits per heavy atom. The minimum Gasteiger partial charge on any atom is -0.491 e. The number of ether oxygens (including phenoxy) is 5. The number of pyridine rings is 1. The smallest absolute Gasteiger partial charge is 0.330 e. The summed E-state index contributed by atoms with van der Waals surface area (Å²) in [5.74, 6) is 0.227. The number of hydrogen-bond donors (Lipinski definition) is 0. The zero-order chi connectivity index (χ0) is 26.1. The summed E-state index contributed by atoms with van der Waals surface area (Å²) in [7, 11) is 1.60. The van der Waals surface area contributed by atoms with E-state index >= 15 is 0 Å². The molecule has 0 saturated heterocycles. The third-order valence-electron chi connectivity index (χ3n) is 6.18. The lowest BCUT2D eigenvalue weighted by atomic mass is 9.72. The van der Waals surface area contributed by atoms with E-state index in [9.17, 15) is 9.36 Å². The minimum atomic E-state index is -3.08. The lowest BCUT2D eigenvalue weighted by Gasteiger charge is -2.47. The summed E-state index contributed by atoms with van der Waals surface area (Å²) in [5.41, 5.74) is -0.151. The third-order valence-corrected chi connectivity index (χ3v) is 8.91. The van der Waals surface area contributed by atoms with Crippen LogP contribution in [-0.4, -0.2) is 71.4 Å². The molecule has 3 unspecified atom stereocenters. The average Bonchev–Trinajstić information content (AvgIpc) is 2.82. The Kier molecular flexibility index (Phi) is 12.4. The Balaban J connectivity index is 2.18. The van der Waals surface area contributed by atoms with Crippen LogP contribution in [0.5, 0.6) is 5.75 Å². The number of aromatic nitrogens is 1. The molecule has 0 amide bonds. The van der Waals surface area contributed by atoms with Crippen LogP contribution < -0.4 is 10.2 Å². The first-order valence-electron chi connectivity index (χ1n) is 11.8. The quantitative estimate of drug-likeness (QED) is 0.159. The Hall–Kier alpha value is -0.780. The molecule has 2 rings (SSSR count). The highest BCUT2D eigenvalue weighted by molar-refractivity contribution is 9.10. The van der Waals surface area contributed by atoms with Crippen LogP contribution in [0.4, 0.5) is 0 Å². The highest BCUT2D eigenvalue weighted by Crippen LogP contribution is 2.50. The molecule has 35 heavy (non-hydrogen) atoms. The van der Waals surface area contributed by atoms with E-state index in [0.29, 0.717) is 62.1 Å². The highest BCUT2D eigenvalue weighted by Gasteiger charge is 2.49. The molecule has 1 aliphatic heterocycles. The van der Waals surface area contributed by atoms with Crippen molar-refractivity contribution in [3.8, 4) is 5.75 Å². The maximum Gasteiger partial charge on any atom is 0.330 e. The fourth-order valence-corrected chi connectivity index (χ4v) is 6.53. The second-order valence-corrected chi connectivity index (χ2v) is 11.5. The number of rotatable bonds is 16. The van der Waals surface area contributed by atoms with Crippen LogP contribution in [0.1, 0.15) is 45.4 Å². The van der Waals surface area contributed by atoms with Crippen LogP contribution in [0.25, 0.3) is 0 Å². The first-order valence-corrected chi connectivity index (χ1v) is 14.3. The molecular formula is C23H39BrNO9P. The van der Waals surface area contributed by atoms with Crippen molar-refractivity contribution in [2.45, 2.75) is 52.4 Å². The normalized spacial score (nSPS) is 22.3. The van der Waals surface area contributed by atoms with Gasteiger partial charge in [0.1, 0.15) is 12.9 Å². The van der Waals surface area contributed by atoms with Gasteiger partial charge in [-0.25, -0.2) is 0 Å². The van der Waals surface area contributed by atoms with Gasteiger partial charge in [0.15, 0.2) is 5.75 Å². The van der Waals surface area contributed by atoms with Gasteiger partial charge in [-0.15, -0.1) is 0 Å². The van der Waals surface area contributed by atoms with Gasteiger partial charge in [-0.1, -0.05) is 6.92 Å². The number of methoxy groups -OCH3 is 3. The van der Waals surface area contributed by atoms with Crippen molar-refractivity contribution in [3.05, 3.63) is 26.6 Å². The number of nitrogens with zero attached hydrogens (tertiary/aromatic N) is 1. The zero-order valence-corrected chi connectivity index (χ0v) is 24.0. The molecule has 0 N–H and O–H groups in total. The van der Waals surface area contributed by atoms with Gasteiger partial charge in [-0.05, 0) is 42.6 Å². The van der Waals surface area contributed by atoms with Crippen molar-refractivity contribution in [1.29, 1.82) is 0 Å². The van der Waals surface area contributed by atoms with E-state index in [0.717, 1.165) is 0 Å². The standard InChI is InChI=1S/C23H39BrNO9P/c1-7-33-35(27,34-8-2)13-9-11-31-12-10-23(3)18(29-5)15-25-14-17(24)20(26)21(30-6)19(25)22(23)32-16-28-4/h14,18,22H,7-13,15-16H2,1-6H3. The molecular weight excluding hydrogens is 545 g/mol. The predicted octanol–water partition coefficient (Wildman–Crippen LogP) is 4.38. The Labute approximate surface area is 216 Å². The largest absolute Gasteiger partial charge is 0.491 e. The Morgan fingerprint density at radius 2 is 1.86 bits per heavy atom. The summed E-state index contributed by atoms with van der Waals surface area (Å²) in [6, 6.07) is 0. The van der Waals surface area contributed by atoms with E-state index in [2.05, 4.69) is 22.9 Å². The summed E-state index contributed by atoms with van der Waals surface area (Å²) in [5, 5.41) is 0. The summed E-state index contributed by atoms with van der Waals surface area (Å²) >= 11 is 3.33. The Bertz CT molecular complexity index is 902. The van der Waals surface area contributed by atoms with Crippen LogP contribution in [0.2, 0.25) is 0 Å². The molecule has 1 aromatic heterocycles. The van der Waals surface area contributed by atoms with Crippen molar-refractivity contribution in [3.63, 3.8) is 0 Å². The van der Waals surface area contributed by atoms with E-state index in [1.54, 1.807) is 34.3 Å². The molecule has 3 atom stereocenters. The molecule has 10 nitrogen and oxygen atoms in total. The summed E-state index contributed by atoms with van der Waals surface area (Å²) in [4.78, 5) is 12.8. The lowest BCUT2D eigenvalue weighted by molar-refractivity contribution is -0.177. The van der Waals surface area contributed by atoms with E-state index in [1.807, 2.05) is 4.57 Å². The number of fused-ring (bicyclic) bond motifs is 1. The zero-order valence-electron chi connectivity index (χ0n) is 21.5. The van der Waals surface area contributed by atoms with Crippen molar-refractivity contribution in [1.82, 2.24) is 4.57 Å². The fourth-order valence-electron chi connectivity index (χ4n) is 4.46. The molecule has 0 fully saturated rings. The van der Waals surface area contributed by atoms with Crippen LogP contribution >= 0.6 is 23.5 Å². The summed E-state index contributed by atoms with van der Waals surface area (Å²) in [6.07, 6.45) is 2.40. The van der Waals surface area contributed by atoms with Crippen molar-refractivity contribution < 1.29 is 37.3 Å². The molecule has 202 valence electrons. The van der Waals surface area contributed by atoms with Crippen molar-refractivity contribution in [2.24, 2.45) is 5.41 Å². The van der Waals surface area contributed by atoms with Gasteiger partial charge in [0.2, 0.25) is 5.43 Å². The van der Waals surface area contributed by atoms with E-state index in [1.165, 1.54) is 7.11 Å². The summed E-state index contributed by atoms with van der Waals surface area (Å²) in [6.45, 7) is 7.69. The maximum atomic E-state index is 12.8. The molecule has 1 aromatic rings. The topological polar surface area (TPSA) is 104 Å². The molecule has 12 heteroatoms. The van der Waals surface area contributed by atoms with E-state index < -0.39 is 19.1 Å². The first-order chi connectivity index (χ1) is 16.7. The Morgan fingerprint density at radius 3 is 2.43 bits per heavy atom. The molecule has 0 aliphatic carbocycles. The SMILES string of the molecule is CCOP(=O)(CCCOCCC1(C)C(OC)Cn2cc(Br)c(=O)c(OC)c2C1OCOC)OCC. The molecule has 0 aromatic carbocycles. The van der Waals surface area contributed by atoms with Crippen LogP contribution in [-0.2, 0) is 39.1 Å². The molecule has 1 aliphatic rings. The van der Waals surface area contributed by atoms with Gasteiger partial charge in [-0.3, -0.25) is 9.36 Å². The first kappa shape index (κ1) is 30.4. The molecule has 0 spiro atoms. The molecule has 0 radical (unpaired) electrons. The van der Waals surface area contributed by atoms with Gasteiger partial charge in [0, 0.05) is 45.6 Å². The van der Waals surface area contributed by atoms with Crippen LogP contribution in [0.3, 0.4) is 0 Å². The van der Waals surface area contributed by atoms with Crippen molar-refractivity contribution in [2.75, 3.05) is 60.7 Å². The summed E-state index contributed by atoms with van der Waals surface area (Å²) < 4.78 is 54.3. The lowest BCUT2D eigenvalue weighted by Crippen LogP contribution is -2.49. The van der Waals surface area contributed by atoms with Gasteiger partial charge in [0.05, 0.1) is 42.8 Å².